The number of rotatable bonds is 12. The van der Waals surface area contributed by atoms with Gasteiger partial charge in [0, 0.05) is 30.9 Å². The van der Waals surface area contributed by atoms with Gasteiger partial charge in [0.15, 0.2) is 6.61 Å². The number of aliphatic hydroxyl groups is 1. The number of amides is 1. The number of aromatic nitrogens is 1. The molecular weight excluding hydrogens is 448 g/mol. The maximum absolute atomic E-state index is 12.0. The van der Waals surface area contributed by atoms with Crippen molar-refractivity contribution < 1.29 is 19.4 Å². The van der Waals surface area contributed by atoms with Gasteiger partial charge in [-0.2, -0.15) is 5.26 Å². The van der Waals surface area contributed by atoms with E-state index in [0.29, 0.717) is 36.8 Å². The monoisotopic (exact) mass is 476 g/mol. The number of ether oxygens (including phenoxy) is 2. The number of aliphatic hydroxyl groups excluding tert-OH is 1. The summed E-state index contributed by atoms with van der Waals surface area (Å²) in [6.45, 7) is 3.03. The van der Waals surface area contributed by atoms with Crippen molar-refractivity contribution in [2.24, 2.45) is 0 Å². The van der Waals surface area contributed by atoms with Gasteiger partial charge in [0.2, 0.25) is 0 Å². The summed E-state index contributed by atoms with van der Waals surface area (Å²) in [4.78, 5) is 26.4. The number of H-pyrrole nitrogens is 1. The van der Waals surface area contributed by atoms with Crippen LogP contribution in [0.1, 0.15) is 11.3 Å². The third kappa shape index (κ3) is 7.99. The Labute approximate surface area is 203 Å². The van der Waals surface area contributed by atoms with Crippen LogP contribution in [-0.2, 0) is 4.79 Å². The zero-order chi connectivity index (χ0) is 25.0. The average molecular weight is 477 g/mol. The Morgan fingerprint density at radius 3 is 2.51 bits per heavy atom. The zero-order valence-corrected chi connectivity index (χ0v) is 19.4. The quantitative estimate of drug-likeness (QED) is 0.292. The number of carbonyl (C=O) groups excluding carboxylic acids is 1. The second kappa shape index (κ2) is 12.9. The summed E-state index contributed by atoms with van der Waals surface area (Å²) in [5, 5.41) is 24.8. The zero-order valence-electron chi connectivity index (χ0n) is 19.4. The fraction of sp³-hybridized carbons (Fsp3) is 0.269. The molecule has 1 heterocycles. The lowest BCUT2D eigenvalue weighted by molar-refractivity contribution is -0.123. The first-order valence-electron chi connectivity index (χ1n) is 11.2. The Morgan fingerprint density at radius 2 is 1.80 bits per heavy atom. The third-order valence-corrected chi connectivity index (χ3v) is 5.08. The molecule has 0 bridgehead atoms. The van der Waals surface area contributed by atoms with Gasteiger partial charge in [0.05, 0.1) is 0 Å². The highest BCUT2D eigenvalue weighted by molar-refractivity contribution is 5.77. The lowest BCUT2D eigenvalue weighted by Crippen LogP contribution is -2.38. The number of hydrogen-bond donors (Lipinski definition) is 4. The van der Waals surface area contributed by atoms with E-state index in [1.54, 1.807) is 37.3 Å². The maximum atomic E-state index is 12.0. The second-order valence-electron chi connectivity index (χ2n) is 7.81. The third-order valence-electron chi connectivity index (χ3n) is 5.08. The van der Waals surface area contributed by atoms with Crippen molar-refractivity contribution in [3.8, 4) is 28.7 Å². The van der Waals surface area contributed by atoms with Gasteiger partial charge in [-0.25, -0.2) is 0 Å². The molecule has 0 fully saturated rings. The van der Waals surface area contributed by atoms with Crippen molar-refractivity contribution in [1.82, 2.24) is 15.6 Å². The number of nitrogens with zero attached hydrogens (tertiary/aromatic N) is 1. The summed E-state index contributed by atoms with van der Waals surface area (Å²) in [6.07, 6.45) is -0.663. The number of pyridine rings is 1. The molecule has 1 aromatic heterocycles. The summed E-state index contributed by atoms with van der Waals surface area (Å²) < 4.78 is 11.0. The molecular formula is C26H28N4O5. The van der Waals surface area contributed by atoms with Crippen LogP contribution in [0.4, 0.5) is 0 Å². The van der Waals surface area contributed by atoms with Gasteiger partial charge in [-0.1, -0.05) is 30.3 Å². The van der Waals surface area contributed by atoms with Crippen molar-refractivity contribution in [2.45, 2.75) is 13.0 Å². The molecule has 0 aliphatic heterocycles. The Balaban J connectivity index is 1.33. The lowest BCUT2D eigenvalue weighted by atomic mass is 10.0. The average Bonchev–Trinajstić information content (AvgIpc) is 2.87. The van der Waals surface area contributed by atoms with Crippen LogP contribution in [0.3, 0.4) is 0 Å². The normalized spacial score (nSPS) is 11.3. The molecule has 0 spiro atoms. The smallest absolute Gasteiger partial charge is 0.266 e. The van der Waals surface area contributed by atoms with Crippen molar-refractivity contribution in [3.63, 3.8) is 0 Å². The summed E-state index contributed by atoms with van der Waals surface area (Å²) in [7, 11) is 0. The van der Waals surface area contributed by atoms with Crippen LogP contribution in [0, 0.1) is 18.3 Å². The fourth-order valence-electron chi connectivity index (χ4n) is 3.26. The van der Waals surface area contributed by atoms with Crippen LogP contribution < -0.4 is 25.7 Å². The molecule has 1 unspecified atom stereocenters. The highest BCUT2D eigenvalue weighted by Crippen LogP contribution is 2.24. The molecule has 4 N–H and O–H groups in total. The molecule has 3 aromatic rings. The highest BCUT2D eigenvalue weighted by Gasteiger charge is 2.09. The molecule has 2 aromatic carbocycles. The van der Waals surface area contributed by atoms with Crippen molar-refractivity contribution in [1.29, 1.82) is 5.26 Å². The van der Waals surface area contributed by atoms with Crippen LogP contribution in [0.15, 0.2) is 65.5 Å². The van der Waals surface area contributed by atoms with Crippen LogP contribution in [0.5, 0.6) is 11.5 Å². The molecule has 1 amide bonds. The van der Waals surface area contributed by atoms with Gasteiger partial charge in [0.1, 0.15) is 35.8 Å². The van der Waals surface area contributed by atoms with E-state index in [2.05, 4.69) is 15.6 Å². The predicted octanol–water partition coefficient (Wildman–Crippen LogP) is 1.75. The Morgan fingerprint density at radius 1 is 1.09 bits per heavy atom. The number of nitriles is 1. The molecule has 9 heteroatoms. The summed E-state index contributed by atoms with van der Waals surface area (Å²) in [6, 6.07) is 19.7. The SMILES string of the molecule is Cc1[nH]c(=O)c(C#N)cc1-c1ccc(OCC(=O)NCCNCC(O)COc2ccccc2)cc1. The summed E-state index contributed by atoms with van der Waals surface area (Å²) >= 11 is 0. The van der Waals surface area contributed by atoms with E-state index in [1.807, 2.05) is 36.4 Å². The first-order valence-corrected chi connectivity index (χ1v) is 11.2. The number of hydrogen-bond acceptors (Lipinski definition) is 7. The van der Waals surface area contributed by atoms with Gasteiger partial charge in [0.25, 0.3) is 11.5 Å². The van der Waals surface area contributed by atoms with Gasteiger partial charge < -0.3 is 30.2 Å². The van der Waals surface area contributed by atoms with E-state index in [1.165, 1.54) is 0 Å². The van der Waals surface area contributed by atoms with Crippen LogP contribution in [0.25, 0.3) is 11.1 Å². The first kappa shape index (κ1) is 25.5. The number of benzene rings is 2. The minimum atomic E-state index is -0.663. The first-order chi connectivity index (χ1) is 17.0. The standard InChI is InChI=1S/C26H28N4O5/c1-18-24(13-20(14-27)26(33)30-18)19-7-9-23(10-8-19)35-17-25(32)29-12-11-28-15-21(31)16-34-22-5-3-2-4-6-22/h2-10,13,21,28,31H,11-12,15-17H2,1H3,(H,29,32)(H,30,33). The van der Waals surface area contributed by atoms with Gasteiger partial charge in [-0.15, -0.1) is 0 Å². The van der Waals surface area contributed by atoms with Crippen LogP contribution >= 0.6 is 0 Å². The Bertz CT molecular complexity index is 1200. The van der Waals surface area contributed by atoms with E-state index >= 15 is 0 Å². The van der Waals surface area contributed by atoms with Crippen molar-refractivity contribution in [3.05, 3.63) is 82.3 Å². The van der Waals surface area contributed by atoms with E-state index in [-0.39, 0.29) is 24.7 Å². The van der Waals surface area contributed by atoms with Gasteiger partial charge in [-0.05, 0) is 42.8 Å². The summed E-state index contributed by atoms with van der Waals surface area (Å²) in [5.74, 6) is 0.957. The number of para-hydroxylation sites is 1. The topological polar surface area (TPSA) is 136 Å². The molecule has 3 rings (SSSR count). The number of aryl methyl sites for hydroxylation is 1. The maximum Gasteiger partial charge on any atom is 0.266 e. The number of carbonyl (C=O) groups is 1. The van der Waals surface area contributed by atoms with Crippen LogP contribution in [-0.4, -0.2) is 54.9 Å². The molecule has 0 aliphatic carbocycles. The van der Waals surface area contributed by atoms with E-state index in [9.17, 15) is 14.7 Å². The molecule has 1 atom stereocenters. The number of nitrogens with one attached hydrogen (secondary N) is 3. The molecule has 0 saturated heterocycles. The second-order valence-corrected chi connectivity index (χ2v) is 7.81. The molecule has 0 saturated carbocycles. The van der Waals surface area contributed by atoms with E-state index in [0.717, 1.165) is 11.1 Å². The van der Waals surface area contributed by atoms with Crippen LogP contribution in [0.2, 0.25) is 0 Å². The predicted molar refractivity (Wildman–Crippen MR) is 131 cm³/mol. The van der Waals surface area contributed by atoms with Crippen molar-refractivity contribution >= 4 is 5.91 Å². The fourth-order valence-corrected chi connectivity index (χ4v) is 3.26. The Kier molecular flexibility index (Phi) is 9.42. The van der Waals surface area contributed by atoms with Crippen molar-refractivity contribution in [2.75, 3.05) is 32.8 Å². The van der Waals surface area contributed by atoms with E-state index in [4.69, 9.17) is 14.7 Å². The molecule has 0 aliphatic rings. The Hall–Kier alpha value is -4.13. The molecule has 182 valence electrons. The molecule has 0 radical (unpaired) electrons. The molecule has 9 nitrogen and oxygen atoms in total. The largest absolute Gasteiger partial charge is 0.491 e. The molecule has 35 heavy (non-hydrogen) atoms. The summed E-state index contributed by atoms with van der Waals surface area (Å²) in [5.41, 5.74) is 1.85. The lowest BCUT2D eigenvalue weighted by Gasteiger charge is -2.13. The number of aromatic amines is 1. The highest BCUT2D eigenvalue weighted by atomic mass is 16.5. The minimum Gasteiger partial charge on any atom is -0.491 e. The van der Waals surface area contributed by atoms with Gasteiger partial charge >= 0.3 is 0 Å². The minimum absolute atomic E-state index is 0.0483. The van der Waals surface area contributed by atoms with E-state index < -0.39 is 11.7 Å². The van der Waals surface area contributed by atoms with Gasteiger partial charge in [-0.3, -0.25) is 9.59 Å².